The average molecular weight is 485 g/mol. The molecular formula is C27H40N4O4. The van der Waals surface area contributed by atoms with Crippen LogP contribution in [0.4, 0.5) is 10.6 Å². The molecule has 0 unspecified atom stereocenters. The van der Waals surface area contributed by atoms with E-state index in [1.807, 2.05) is 32.2 Å². The highest BCUT2D eigenvalue weighted by atomic mass is 16.6. The van der Waals surface area contributed by atoms with Crippen LogP contribution in [0.25, 0.3) is 0 Å². The summed E-state index contributed by atoms with van der Waals surface area (Å²) >= 11 is 0. The van der Waals surface area contributed by atoms with Crippen LogP contribution in [0.5, 0.6) is 0 Å². The standard InChI is InChI=1S/C25H34N4O4.C2H6/c1-25(2,3)33-24(31)29-21(23(30)32-4)15-20-12-10-17(16-27-20)7-5-9-19-13-11-18-8-6-14-26-22(18)28-19;1-2/h10-13,16,21H,5-9,14-15H2,1-4H3,(H,26,28)(H,29,31);1-2H3/t21-;/m0./s1. The molecule has 0 radical (unpaired) electrons. The lowest BCUT2D eigenvalue weighted by molar-refractivity contribution is -0.143. The second kappa shape index (κ2) is 13.7. The smallest absolute Gasteiger partial charge is 0.408 e. The number of aryl methyl sites for hydroxylation is 3. The molecule has 1 amide bonds. The first-order chi connectivity index (χ1) is 16.7. The van der Waals surface area contributed by atoms with Gasteiger partial charge in [-0.1, -0.05) is 26.0 Å². The van der Waals surface area contributed by atoms with Crippen LogP contribution in [0.1, 0.15) is 70.0 Å². The Morgan fingerprint density at radius 1 is 1.11 bits per heavy atom. The van der Waals surface area contributed by atoms with Crippen molar-refractivity contribution in [3.05, 3.63) is 53.0 Å². The molecule has 0 aliphatic carbocycles. The summed E-state index contributed by atoms with van der Waals surface area (Å²) < 4.78 is 10.1. The monoisotopic (exact) mass is 484 g/mol. The number of amides is 1. The van der Waals surface area contributed by atoms with Gasteiger partial charge in [-0.2, -0.15) is 0 Å². The molecular weight excluding hydrogens is 444 g/mol. The Morgan fingerprint density at radius 3 is 2.51 bits per heavy atom. The van der Waals surface area contributed by atoms with Crippen LogP contribution >= 0.6 is 0 Å². The van der Waals surface area contributed by atoms with E-state index in [9.17, 15) is 9.59 Å². The predicted octanol–water partition coefficient (Wildman–Crippen LogP) is 4.65. The summed E-state index contributed by atoms with van der Waals surface area (Å²) in [4.78, 5) is 33.4. The predicted molar refractivity (Wildman–Crippen MR) is 138 cm³/mol. The van der Waals surface area contributed by atoms with E-state index in [2.05, 4.69) is 27.8 Å². The van der Waals surface area contributed by atoms with E-state index in [0.29, 0.717) is 5.69 Å². The fourth-order valence-corrected chi connectivity index (χ4v) is 3.70. The number of methoxy groups -OCH3 is 1. The van der Waals surface area contributed by atoms with Crippen molar-refractivity contribution in [3.8, 4) is 0 Å². The lowest BCUT2D eigenvalue weighted by Crippen LogP contribution is -2.45. The molecule has 0 saturated heterocycles. The van der Waals surface area contributed by atoms with Crippen LogP contribution < -0.4 is 10.6 Å². The van der Waals surface area contributed by atoms with Crippen LogP contribution in [0.15, 0.2) is 30.5 Å². The lowest BCUT2D eigenvalue weighted by atomic mass is 10.0. The van der Waals surface area contributed by atoms with Gasteiger partial charge in [-0.3, -0.25) is 4.98 Å². The second-order valence-electron chi connectivity index (χ2n) is 9.28. The van der Waals surface area contributed by atoms with Gasteiger partial charge < -0.3 is 20.1 Å². The zero-order valence-electron chi connectivity index (χ0n) is 21.9. The number of fused-ring (bicyclic) bond motifs is 1. The number of rotatable bonds is 8. The number of ether oxygens (including phenoxy) is 2. The van der Waals surface area contributed by atoms with Gasteiger partial charge in [0.2, 0.25) is 0 Å². The quantitative estimate of drug-likeness (QED) is 0.526. The number of pyridine rings is 2. The number of anilines is 1. The third-order valence-electron chi connectivity index (χ3n) is 5.33. The van der Waals surface area contributed by atoms with Crippen molar-refractivity contribution in [2.75, 3.05) is 19.0 Å². The van der Waals surface area contributed by atoms with Crippen LogP contribution in [0.2, 0.25) is 0 Å². The molecule has 2 N–H and O–H groups in total. The van der Waals surface area contributed by atoms with E-state index in [1.54, 1.807) is 20.8 Å². The summed E-state index contributed by atoms with van der Waals surface area (Å²) in [7, 11) is 1.29. The van der Waals surface area contributed by atoms with Crippen LogP contribution in [0.3, 0.4) is 0 Å². The topological polar surface area (TPSA) is 102 Å². The van der Waals surface area contributed by atoms with Gasteiger partial charge >= 0.3 is 12.1 Å². The summed E-state index contributed by atoms with van der Waals surface area (Å²) in [6, 6.07) is 7.32. The largest absolute Gasteiger partial charge is 0.467 e. The SMILES string of the molecule is CC.COC(=O)[C@H](Cc1ccc(CCCc2ccc3c(n2)NCCC3)cn1)NC(=O)OC(C)(C)C. The highest BCUT2D eigenvalue weighted by molar-refractivity contribution is 5.81. The number of carbonyl (C=O) groups excluding carboxylic acids is 2. The normalized spacial score (nSPS) is 13.3. The fourth-order valence-electron chi connectivity index (χ4n) is 3.70. The van der Waals surface area contributed by atoms with Gasteiger partial charge in [0.25, 0.3) is 0 Å². The summed E-state index contributed by atoms with van der Waals surface area (Å²) in [5.74, 6) is 0.490. The molecule has 8 nitrogen and oxygen atoms in total. The maximum Gasteiger partial charge on any atom is 0.408 e. The summed E-state index contributed by atoms with van der Waals surface area (Å²) in [6.07, 6.45) is 6.39. The number of esters is 1. The molecule has 192 valence electrons. The Bertz CT molecular complexity index is 955. The highest BCUT2D eigenvalue weighted by Gasteiger charge is 2.25. The Balaban J connectivity index is 0.00000210. The third-order valence-corrected chi connectivity index (χ3v) is 5.33. The average Bonchev–Trinajstić information content (AvgIpc) is 2.84. The van der Waals surface area contributed by atoms with E-state index >= 15 is 0 Å². The van der Waals surface area contributed by atoms with Crippen LogP contribution in [-0.2, 0) is 40.0 Å². The Morgan fingerprint density at radius 2 is 1.86 bits per heavy atom. The molecule has 35 heavy (non-hydrogen) atoms. The number of aromatic nitrogens is 2. The number of hydrogen-bond acceptors (Lipinski definition) is 7. The Hall–Kier alpha value is -3.16. The number of hydrogen-bond donors (Lipinski definition) is 2. The molecule has 0 bridgehead atoms. The molecule has 0 aromatic carbocycles. The maximum atomic E-state index is 12.1. The molecule has 0 spiro atoms. The first-order valence-electron chi connectivity index (χ1n) is 12.5. The molecule has 8 heteroatoms. The molecule has 1 aliphatic heterocycles. The number of nitrogens with zero attached hydrogens (tertiary/aromatic N) is 2. The van der Waals surface area contributed by atoms with Gasteiger partial charge in [0.1, 0.15) is 17.5 Å². The van der Waals surface area contributed by atoms with Crippen LogP contribution in [-0.4, -0.2) is 47.3 Å². The molecule has 3 rings (SSSR count). The van der Waals surface area contributed by atoms with Gasteiger partial charge in [0, 0.05) is 30.6 Å². The van der Waals surface area contributed by atoms with Crippen molar-refractivity contribution >= 4 is 17.9 Å². The van der Waals surface area contributed by atoms with E-state index < -0.39 is 23.7 Å². The van der Waals surface area contributed by atoms with Crippen molar-refractivity contribution in [2.24, 2.45) is 0 Å². The second-order valence-corrected chi connectivity index (χ2v) is 9.28. The summed E-state index contributed by atoms with van der Waals surface area (Å²) in [5, 5.41) is 5.95. The molecule has 1 atom stereocenters. The molecule has 1 aliphatic rings. The van der Waals surface area contributed by atoms with E-state index in [0.717, 1.165) is 55.7 Å². The summed E-state index contributed by atoms with van der Waals surface area (Å²) in [5.41, 5.74) is 3.55. The lowest BCUT2D eigenvalue weighted by Gasteiger charge is -2.22. The number of nitrogens with one attached hydrogen (secondary N) is 2. The number of alkyl carbamates (subject to hydrolysis) is 1. The first kappa shape index (κ1) is 28.1. The molecule has 2 aromatic heterocycles. The van der Waals surface area contributed by atoms with Crippen molar-refractivity contribution in [1.29, 1.82) is 0 Å². The minimum atomic E-state index is -0.869. The number of carbonyl (C=O) groups is 2. The molecule has 0 fully saturated rings. The third kappa shape index (κ3) is 9.54. The molecule has 2 aromatic rings. The maximum absolute atomic E-state index is 12.1. The van der Waals surface area contributed by atoms with Gasteiger partial charge in [0.05, 0.1) is 7.11 Å². The Labute approximate surface area is 209 Å². The van der Waals surface area contributed by atoms with Gasteiger partial charge in [-0.25, -0.2) is 14.6 Å². The van der Waals surface area contributed by atoms with Crippen molar-refractivity contribution in [1.82, 2.24) is 15.3 Å². The molecule has 3 heterocycles. The van der Waals surface area contributed by atoms with E-state index in [4.69, 9.17) is 14.5 Å². The fraction of sp³-hybridized carbons (Fsp3) is 0.556. The van der Waals surface area contributed by atoms with E-state index in [-0.39, 0.29) is 6.42 Å². The van der Waals surface area contributed by atoms with Crippen molar-refractivity contribution < 1.29 is 19.1 Å². The molecule has 0 saturated carbocycles. The minimum Gasteiger partial charge on any atom is -0.467 e. The highest BCUT2D eigenvalue weighted by Crippen LogP contribution is 2.20. The zero-order valence-corrected chi connectivity index (χ0v) is 21.9. The van der Waals surface area contributed by atoms with Crippen LogP contribution in [0, 0.1) is 0 Å². The van der Waals surface area contributed by atoms with Crippen molar-refractivity contribution in [2.45, 2.75) is 84.8 Å². The Kier molecular flexibility index (Phi) is 11.0. The summed E-state index contributed by atoms with van der Waals surface area (Å²) in [6.45, 7) is 10.3. The van der Waals surface area contributed by atoms with Gasteiger partial charge in [-0.15, -0.1) is 0 Å². The first-order valence-corrected chi connectivity index (χ1v) is 12.5. The van der Waals surface area contributed by atoms with Gasteiger partial charge in [-0.05, 0) is 76.1 Å². The van der Waals surface area contributed by atoms with Gasteiger partial charge in [0.15, 0.2) is 0 Å². The van der Waals surface area contributed by atoms with Crippen molar-refractivity contribution in [3.63, 3.8) is 0 Å². The minimum absolute atomic E-state index is 0.220. The van der Waals surface area contributed by atoms with E-state index in [1.165, 1.54) is 12.7 Å². The zero-order chi connectivity index (χ0) is 25.8.